The average molecular weight is 309 g/mol. The van der Waals surface area contributed by atoms with Gasteiger partial charge in [0.05, 0.1) is 5.54 Å². The zero-order chi connectivity index (χ0) is 16.4. The summed E-state index contributed by atoms with van der Waals surface area (Å²) < 4.78 is 74.0. The minimum absolute atomic E-state index is 0.183. The maximum atomic E-state index is 12.3. The van der Waals surface area contributed by atoms with E-state index < -0.39 is 35.6 Å². The van der Waals surface area contributed by atoms with E-state index in [0.717, 1.165) is 6.92 Å². The van der Waals surface area contributed by atoms with Gasteiger partial charge in [-0.25, -0.2) is 0 Å². The van der Waals surface area contributed by atoms with Crippen LogP contribution < -0.4 is 11.1 Å². The Balaban J connectivity index is 5.43. The third kappa shape index (κ3) is 4.17. The first-order valence-electron chi connectivity index (χ1n) is 5.23. The highest BCUT2D eigenvalue weighted by Crippen LogP contribution is 2.39. The SMILES string of the molecule is CCC(C)(NC(=O)C(C(F)(F)F)C(F)(F)F)C(N)=NO. The molecule has 0 fully saturated rings. The van der Waals surface area contributed by atoms with E-state index in [4.69, 9.17) is 10.9 Å². The van der Waals surface area contributed by atoms with Crippen LogP contribution in [0.2, 0.25) is 0 Å². The van der Waals surface area contributed by atoms with Gasteiger partial charge in [-0.15, -0.1) is 0 Å². The summed E-state index contributed by atoms with van der Waals surface area (Å²) in [5.74, 6) is -7.22. The molecule has 0 aliphatic heterocycles. The zero-order valence-corrected chi connectivity index (χ0v) is 10.4. The molecule has 0 aliphatic carbocycles. The van der Waals surface area contributed by atoms with Crippen LogP contribution in [0.1, 0.15) is 20.3 Å². The van der Waals surface area contributed by atoms with Crippen LogP contribution in [0.5, 0.6) is 0 Å². The van der Waals surface area contributed by atoms with E-state index in [1.165, 1.54) is 12.2 Å². The first-order valence-corrected chi connectivity index (χ1v) is 5.23. The highest BCUT2D eigenvalue weighted by atomic mass is 19.4. The first kappa shape index (κ1) is 18.3. The van der Waals surface area contributed by atoms with Gasteiger partial charge in [0.25, 0.3) is 0 Å². The van der Waals surface area contributed by atoms with Gasteiger partial charge < -0.3 is 16.3 Å². The first-order chi connectivity index (χ1) is 8.79. The molecule has 0 saturated carbocycles. The normalized spacial score (nSPS) is 16.9. The fourth-order valence-corrected chi connectivity index (χ4v) is 1.27. The van der Waals surface area contributed by atoms with Gasteiger partial charge in [0, 0.05) is 0 Å². The second-order valence-corrected chi connectivity index (χ2v) is 4.18. The maximum absolute atomic E-state index is 12.3. The molecule has 1 amide bonds. The molecule has 0 aromatic rings. The highest BCUT2D eigenvalue weighted by molar-refractivity contribution is 5.94. The summed E-state index contributed by atoms with van der Waals surface area (Å²) in [5.41, 5.74) is 3.32. The molecule has 0 aromatic heterocycles. The second kappa shape index (κ2) is 5.75. The number of carbonyl (C=O) groups excluding carboxylic acids is 1. The Bertz CT molecular complexity index is 378. The second-order valence-electron chi connectivity index (χ2n) is 4.18. The molecule has 20 heavy (non-hydrogen) atoms. The van der Waals surface area contributed by atoms with Gasteiger partial charge in [-0.2, -0.15) is 26.3 Å². The van der Waals surface area contributed by atoms with Gasteiger partial charge in [-0.1, -0.05) is 12.1 Å². The minimum Gasteiger partial charge on any atom is -0.409 e. The van der Waals surface area contributed by atoms with E-state index >= 15 is 0 Å². The number of nitrogens with zero attached hydrogens (tertiary/aromatic N) is 1. The third-order valence-corrected chi connectivity index (χ3v) is 2.70. The Morgan fingerprint density at radius 1 is 1.25 bits per heavy atom. The molecule has 0 radical (unpaired) electrons. The number of hydrogen-bond acceptors (Lipinski definition) is 3. The standard InChI is InChI=1S/C9H13F6N3O2/c1-3-7(2,6(16)18-20)17-5(19)4(8(10,11)12)9(13,14)15/h4,20H,3H2,1-2H3,(H2,16,18)(H,17,19). The quantitative estimate of drug-likeness (QED) is 0.243. The predicted molar refractivity (Wildman–Crippen MR) is 55.8 cm³/mol. The highest BCUT2D eigenvalue weighted by Gasteiger charge is 2.61. The number of alkyl halides is 6. The Hall–Kier alpha value is -1.68. The van der Waals surface area contributed by atoms with Gasteiger partial charge >= 0.3 is 12.4 Å². The van der Waals surface area contributed by atoms with Crippen molar-refractivity contribution in [3.05, 3.63) is 0 Å². The monoisotopic (exact) mass is 309 g/mol. The van der Waals surface area contributed by atoms with Gasteiger partial charge in [-0.3, -0.25) is 4.79 Å². The van der Waals surface area contributed by atoms with Gasteiger partial charge in [0.15, 0.2) is 5.84 Å². The van der Waals surface area contributed by atoms with E-state index in [1.54, 1.807) is 0 Å². The van der Waals surface area contributed by atoms with Gasteiger partial charge in [0.2, 0.25) is 11.8 Å². The van der Waals surface area contributed by atoms with E-state index in [0.29, 0.717) is 0 Å². The molecule has 0 rings (SSSR count). The number of amidine groups is 1. The third-order valence-electron chi connectivity index (χ3n) is 2.70. The van der Waals surface area contributed by atoms with Crippen LogP contribution in [-0.2, 0) is 4.79 Å². The van der Waals surface area contributed by atoms with Crippen LogP contribution in [0.3, 0.4) is 0 Å². The van der Waals surface area contributed by atoms with Crippen molar-refractivity contribution >= 4 is 11.7 Å². The Morgan fingerprint density at radius 2 is 1.65 bits per heavy atom. The average Bonchev–Trinajstić information content (AvgIpc) is 2.23. The summed E-state index contributed by atoms with van der Waals surface area (Å²) in [6, 6.07) is 0. The van der Waals surface area contributed by atoms with Crippen molar-refractivity contribution < 1.29 is 36.3 Å². The van der Waals surface area contributed by atoms with Crippen LogP contribution >= 0.6 is 0 Å². The predicted octanol–water partition coefficient (Wildman–Crippen LogP) is 1.76. The fraction of sp³-hybridized carbons (Fsp3) is 0.778. The Morgan fingerprint density at radius 3 is 1.90 bits per heavy atom. The van der Waals surface area contributed by atoms with E-state index in [9.17, 15) is 31.1 Å². The number of rotatable bonds is 4. The number of halogens is 6. The molecule has 0 heterocycles. The molecular formula is C9H13F6N3O2. The molecule has 118 valence electrons. The zero-order valence-electron chi connectivity index (χ0n) is 10.4. The van der Waals surface area contributed by atoms with Crippen molar-refractivity contribution in [2.75, 3.05) is 0 Å². The number of carbonyl (C=O) groups is 1. The molecule has 0 bridgehead atoms. The van der Waals surface area contributed by atoms with E-state index in [2.05, 4.69) is 5.16 Å². The smallest absolute Gasteiger partial charge is 0.409 e. The summed E-state index contributed by atoms with van der Waals surface area (Å²) in [4.78, 5) is 11.3. The molecule has 4 N–H and O–H groups in total. The summed E-state index contributed by atoms with van der Waals surface area (Å²) in [6.07, 6.45) is -11.8. The van der Waals surface area contributed by atoms with Crippen molar-refractivity contribution in [3.8, 4) is 0 Å². The lowest BCUT2D eigenvalue weighted by Gasteiger charge is -2.31. The number of hydrogen-bond donors (Lipinski definition) is 3. The van der Waals surface area contributed by atoms with Crippen molar-refractivity contribution in [3.63, 3.8) is 0 Å². The van der Waals surface area contributed by atoms with E-state index in [1.807, 2.05) is 0 Å². The molecule has 0 aromatic carbocycles. The van der Waals surface area contributed by atoms with Gasteiger partial charge in [-0.05, 0) is 13.3 Å². The van der Waals surface area contributed by atoms with Crippen LogP contribution in [-0.4, -0.2) is 34.8 Å². The van der Waals surface area contributed by atoms with Crippen LogP contribution in [0.25, 0.3) is 0 Å². The molecule has 1 atom stereocenters. The minimum atomic E-state index is -5.80. The molecule has 11 heteroatoms. The molecular weight excluding hydrogens is 296 g/mol. The lowest BCUT2D eigenvalue weighted by Crippen LogP contribution is -2.59. The van der Waals surface area contributed by atoms with Gasteiger partial charge in [0.1, 0.15) is 0 Å². The molecule has 0 spiro atoms. The summed E-state index contributed by atoms with van der Waals surface area (Å²) in [6.45, 7) is 2.36. The molecule has 0 aliphatic rings. The Kier molecular flexibility index (Phi) is 5.27. The number of oxime groups is 1. The summed E-state index contributed by atoms with van der Waals surface area (Å²) in [7, 11) is 0. The van der Waals surface area contributed by atoms with Crippen LogP contribution in [0.4, 0.5) is 26.3 Å². The van der Waals surface area contributed by atoms with Crippen molar-refractivity contribution in [1.82, 2.24) is 5.32 Å². The van der Waals surface area contributed by atoms with Crippen LogP contribution in [0, 0.1) is 5.92 Å². The molecule has 1 unspecified atom stereocenters. The maximum Gasteiger partial charge on any atom is 0.409 e. The topological polar surface area (TPSA) is 87.7 Å². The number of amides is 1. The summed E-state index contributed by atoms with van der Waals surface area (Å²) in [5, 5.41) is 12.4. The molecule has 5 nitrogen and oxygen atoms in total. The largest absolute Gasteiger partial charge is 0.409 e. The number of nitrogens with two attached hydrogens (primary N) is 1. The molecule has 0 saturated heterocycles. The van der Waals surface area contributed by atoms with Crippen LogP contribution in [0.15, 0.2) is 5.16 Å². The number of nitrogens with one attached hydrogen (secondary N) is 1. The van der Waals surface area contributed by atoms with Crippen molar-refractivity contribution in [2.45, 2.75) is 38.2 Å². The Labute approximate surface area is 109 Å². The lowest BCUT2D eigenvalue weighted by molar-refractivity contribution is -0.274. The lowest BCUT2D eigenvalue weighted by atomic mass is 9.95. The van der Waals surface area contributed by atoms with Crippen molar-refractivity contribution in [2.24, 2.45) is 16.8 Å². The van der Waals surface area contributed by atoms with E-state index in [-0.39, 0.29) is 6.42 Å². The summed E-state index contributed by atoms with van der Waals surface area (Å²) >= 11 is 0. The van der Waals surface area contributed by atoms with Crippen molar-refractivity contribution in [1.29, 1.82) is 0 Å². The fourth-order valence-electron chi connectivity index (χ4n) is 1.27.